The molecule has 110 valence electrons. The van der Waals surface area contributed by atoms with Crippen LogP contribution in [0.1, 0.15) is 6.42 Å². The highest BCUT2D eigenvalue weighted by Crippen LogP contribution is 2.42. The highest BCUT2D eigenvalue weighted by Gasteiger charge is 2.78. The zero-order valence-corrected chi connectivity index (χ0v) is 11.1. The monoisotopic (exact) mass is 316 g/mol. The molecule has 0 radical (unpaired) electrons. The van der Waals surface area contributed by atoms with Crippen LogP contribution >= 0.6 is 0 Å². The number of nitrogens with zero attached hydrogens (tertiary/aromatic N) is 2. The van der Waals surface area contributed by atoms with Gasteiger partial charge in [0.2, 0.25) is 0 Å². The van der Waals surface area contributed by atoms with Crippen LogP contribution in [0.25, 0.3) is 0 Å². The Labute approximate surface area is 108 Å². The van der Waals surface area contributed by atoms with Crippen LogP contribution in [0.15, 0.2) is 0 Å². The topological polar surface area (TPSA) is 184 Å². The maximum atomic E-state index is 12.0. The van der Waals surface area contributed by atoms with Crippen molar-refractivity contribution >= 4 is 26.1 Å². The molecular formula is C6H12N4O7S2. The summed E-state index contributed by atoms with van der Waals surface area (Å²) in [6.45, 7) is -0.141. The molecule has 2 rings (SSSR count). The lowest BCUT2D eigenvalue weighted by atomic mass is 10.2. The third-order valence-electron chi connectivity index (χ3n) is 3.30. The van der Waals surface area contributed by atoms with Crippen molar-refractivity contribution in [2.45, 2.75) is 16.3 Å². The number of hydrogen-bond donors (Lipinski definition) is 4. The fourth-order valence-electron chi connectivity index (χ4n) is 2.32. The summed E-state index contributed by atoms with van der Waals surface area (Å²) in [5, 5.41) is 1.33. The molecule has 0 saturated carbocycles. The number of carbonyl (C=O) groups excluding carboxylic acids is 1. The van der Waals surface area contributed by atoms with Gasteiger partial charge in [-0.15, -0.1) is 0 Å². The van der Waals surface area contributed by atoms with Crippen LogP contribution in [0.3, 0.4) is 0 Å². The zero-order chi connectivity index (χ0) is 14.9. The maximum absolute atomic E-state index is 12.0. The second kappa shape index (κ2) is 3.63. The van der Waals surface area contributed by atoms with Gasteiger partial charge in [0.25, 0.3) is 25.9 Å². The summed E-state index contributed by atoms with van der Waals surface area (Å²) in [4.78, 5) is 5.41. The Balaban J connectivity index is 2.83. The largest absolute Gasteiger partial charge is 0.303 e. The third-order valence-corrected chi connectivity index (χ3v) is 6.05. The molecule has 2 atom stereocenters. The van der Waals surface area contributed by atoms with Crippen molar-refractivity contribution < 1.29 is 30.7 Å². The van der Waals surface area contributed by atoms with Crippen molar-refractivity contribution in [3.63, 3.8) is 0 Å². The fourth-order valence-corrected chi connectivity index (χ4v) is 4.68. The molecule has 2 saturated heterocycles. The predicted octanol–water partition coefficient (Wildman–Crippen LogP) is -3.51. The number of rotatable bonds is 2. The molecule has 19 heavy (non-hydrogen) atoms. The minimum absolute atomic E-state index is 0.0260. The van der Waals surface area contributed by atoms with Crippen molar-refractivity contribution in [1.29, 1.82) is 0 Å². The minimum Gasteiger partial charge on any atom is -0.299 e. The second-order valence-corrected chi connectivity index (χ2v) is 7.45. The van der Waals surface area contributed by atoms with E-state index in [4.69, 9.17) is 16.0 Å². The number of hydrogen-bond acceptors (Lipinski definition) is 8. The van der Waals surface area contributed by atoms with E-state index >= 15 is 0 Å². The average molecular weight is 316 g/mol. The number of nitrogens with two attached hydrogens (primary N) is 2. The Morgan fingerprint density at radius 1 is 1.05 bits per heavy atom. The van der Waals surface area contributed by atoms with Crippen molar-refractivity contribution in [2.24, 2.45) is 11.5 Å². The lowest BCUT2D eigenvalue weighted by Gasteiger charge is -2.35. The highest BCUT2D eigenvalue weighted by atomic mass is 32.2. The Bertz CT molecular complexity index is 644. The van der Waals surface area contributed by atoms with E-state index in [0.29, 0.717) is 16.4 Å². The van der Waals surface area contributed by atoms with E-state index in [2.05, 4.69) is 0 Å². The van der Waals surface area contributed by atoms with Crippen LogP contribution in [0.4, 0.5) is 0 Å². The summed E-state index contributed by atoms with van der Waals surface area (Å²) in [6.07, 6.45) is 0.307. The van der Waals surface area contributed by atoms with Gasteiger partial charge in [0, 0.05) is 13.1 Å². The zero-order valence-electron chi connectivity index (χ0n) is 9.42. The SMILES string of the molecule is NC1(S(=O)(=O)O)C(=O)N2CCCN2C1(N)S(=O)(=O)O. The average Bonchev–Trinajstić information content (AvgIpc) is 2.76. The predicted molar refractivity (Wildman–Crippen MR) is 60.0 cm³/mol. The quantitative estimate of drug-likeness (QED) is 0.372. The standard InChI is InChI=1S/C6H12N4O7S2/c7-5(18(12,13)14)4(11)9-2-1-3-10(9)6(5,8)19(15,16)17/h1-3,7-8H2,(H,12,13,14)(H,15,16,17). The summed E-state index contributed by atoms with van der Waals surface area (Å²) in [5.74, 6) is -1.41. The molecule has 13 heteroatoms. The number of carbonyl (C=O) groups is 1. The molecule has 6 N–H and O–H groups in total. The Morgan fingerprint density at radius 2 is 1.58 bits per heavy atom. The maximum Gasteiger partial charge on any atom is 0.303 e. The first kappa shape index (κ1) is 14.6. The first-order valence-corrected chi connectivity index (χ1v) is 7.88. The van der Waals surface area contributed by atoms with Crippen LogP contribution in [0.2, 0.25) is 0 Å². The lowest BCUT2D eigenvalue weighted by Crippen LogP contribution is -2.76. The van der Waals surface area contributed by atoms with Gasteiger partial charge in [-0.25, -0.2) is 0 Å². The second-order valence-electron chi connectivity index (χ2n) is 4.29. The van der Waals surface area contributed by atoms with Gasteiger partial charge in [0.15, 0.2) is 0 Å². The Morgan fingerprint density at radius 3 is 2.00 bits per heavy atom. The molecule has 0 aromatic heterocycles. The molecule has 11 nitrogen and oxygen atoms in total. The molecule has 2 heterocycles. The van der Waals surface area contributed by atoms with Crippen LogP contribution in [0.5, 0.6) is 0 Å². The van der Waals surface area contributed by atoms with Crippen LogP contribution in [0, 0.1) is 0 Å². The van der Waals surface area contributed by atoms with Crippen molar-refractivity contribution in [3.8, 4) is 0 Å². The van der Waals surface area contributed by atoms with Gasteiger partial charge in [-0.2, -0.15) is 21.8 Å². The van der Waals surface area contributed by atoms with Gasteiger partial charge in [-0.05, 0) is 6.42 Å². The van der Waals surface area contributed by atoms with E-state index in [9.17, 15) is 26.2 Å². The van der Waals surface area contributed by atoms with Gasteiger partial charge in [-0.1, -0.05) is 0 Å². The van der Waals surface area contributed by atoms with Gasteiger partial charge in [0.05, 0.1) is 0 Å². The van der Waals surface area contributed by atoms with E-state index in [-0.39, 0.29) is 13.1 Å². The summed E-state index contributed by atoms with van der Waals surface area (Å²) in [7, 11) is -10.7. The molecule has 0 aromatic carbocycles. The van der Waals surface area contributed by atoms with E-state index in [1.807, 2.05) is 0 Å². The van der Waals surface area contributed by atoms with Gasteiger partial charge >= 0.3 is 10.1 Å². The molecular weight excluding hydrogens is 304 g/mol. The summed E-state index contributed by atoms with van der Waals surface area (Å²) < 4.78 is 64.0. The highest BCUT2D eigenvalue weighted by molar-refractivity contribution is 7.92. The van der Waals surface area contributed by atoms with E-state index < -0.39 is 36.0 Å². The van der Waals surface area contributed by atoms with Crippen molar-refractivity contribution in [1.82, 2.24) is 10.0 Å². The van der Waals surface area contributed by atoms with Crippen molar-refractivity contribution in [3.05, 3.63) is 0 Å². The molecule has 0 aliphatic carbocycles. The third kappa shape index (κ3) is 1.45. The minimum atomic E-state index is -5.40. The van der Waals surface area contributed by atoms with Gasteiger partial charge in [-0.3, -0.25) is 30.4 Å². The number of fused-ring (bicyclic) bond motifs is 1. The van der Waals surface area contributed by atoms with Gasteiger partial charge in [0.1, 0.15) is 0 Å². The Kier molecular flexibility index (Phi) is 2.78. The van der Waals surface area contributed by atoms with Crippen LogP contribution in [-0.4, -0.2) is 64.8 Å². The number of amides is 1. The molecule has 0 spiro atoms. The smallest absolute Gasteiger partial charge is 0.299 e. The van der Waals surface area contributed by atoms with E-state index in [0.717, 1.165) is 0 Å². The van der Waals surface area contributed by atoms with E-state index in [1.54, 1.807) is 0 Å². The van der Waals surface area contributed by atoms with E-state index in [1.165, 1.54) is 0 Å². The normalized spacial score (nSPS) is 36.8. The first-order chi connectivity index (χ1) is 8.39. The summed E-state index contributed by atoms with van der Waals surface area (Å²) in [6, 6.07) is 0. The van der Waals surface area contributed by atoms with Crippen LogP contribution in [-0.2, 0) is 25.0 Å². The number of hydrazine groups is 1. The molecule has 1 amide bonds. The van der Waals surface area contributed by atoms with Crippen molar-refractivity contribution in [2.75, 3.05) is 13.1 Å². The molecule has 2 unspecified atom stereocenters. The summed E-state index contributed by atoms with van der Waals surface area (Å²) in [5.41, 5.74) is 10.7. The first-order valence-electron chi connectivity index (χ1n) is 5.00. The molecule has 0 aromatic rings. The van der Waals surface area contributed by atoms with Gasteiger partial charge < -0.3 is 0 Å². The lowest BCUT2D eigenvalue weighted by molar-refractivity contribution is -0.136. The summed E-state index contributed by atoms with van der Waals surface area (Å²) >= 11 is 0. The molecule has 2 aliphatic rings. The molecule has 2 fully saturated rings. The fraction of sp³-hybridized carbons (Fsp3) is 0.833. The Hall–Kier alpha value is -0.830. The van der Waals surface area contributed by atoms with Crippen LogP contribution < -0.4 is 11.5 Å². The molecule has 2 aliphatic heterocycles. The molecule has 0 bridgehead atoms.